The fourth-order valence-corrected chi connectivity index (χ4v) is 12.0. The van der Waals surface area contributed by atoms with Gasteiger partial charge in [-0.15, -0.1) is 0 Å². The summed E-state index contributed by atoms with van der Waals surface area (Å²) in [6, 6.07) is 0. The molecule has 88 heavy (non-hydrogen) atoms. The van der Waals surface area contributed by atoms with Crippen molar-refractivity contribution >= 4 is 39.5 Å². The van der Waals surface area contributed by atoms with E-state index in [2.05, 4.69) is 41.5 Å². The summed E-state index contributed by atoms with van der Waals surface area (Å²) in [5, 5.41) is 10.6. The monoisotopic (exact) mass is 1300 g/mol. The molecule has 17 nitrogen and oxygen atoms in total. The lowest BCUT2D eigenvalue weighted by molar-refractivity contribution is -0.161. The van der Waals surface area contributed by atoms with Crippen LogP contribution < -0.4 is 0 Å². The fourth-order valence-electron chi connectivity index (χ4n) is 10.4. The van der Waals surface area contributed by atoms with Crippen LogP contribution in [-0.4, -0.2) is 96.7 Å². The Labute approximate surface area is 537 Å². The maximum absolute atomic E-state index is 13.0. The first kappa shape index (κ1) is 86.1. The van der Waals surface area contributed by atoms with Gasteiger partial charge in [-0.05, 0) is 37.5 Å². The number of ether oxygens (including phenoxy) is 4. The number of phosphoric acid groups is 2. The molecular weight excluding hydrogens is 1160 g/mol. The molecule has 0 aromatic heterocycles. The van der Waals surface area contributed by atoms with E-state index in [-0.39, 0.29) is 25.7 Å². The van der Waals surface area contributed by atoms with Crippen molar-refractivity contribution in [2.45, 2.75) is 368 Å². The second-order valence-corrected chi connectivity index (χ2v) is 28.8. The second-order valence-electron chi connectivity index (χ2n) is 25.9. The summed E-state index contributed by atoms with van der Waals surface area (Å²) in [4.78, 5) is 72.3. The minimum absolute atomic E-state index is 0.102. The molecule has 522 valence electrons. The summed E-state index contributed by atoms with van der Waals surface area (Å²) in [6.45, 7) is 9.40. The molecule has 2 unspecified atom stereocenters. The van der Waals surface area contributed by atoms with E-state index in [0.29, 0.717) is 31.6 Å². The molecule has 0 fully saturated rings. The Kier molecular flexibility index (Phi) is 59.9. The Morgan fingerprint density at radius 1 is 0.307 bits per heavy atom. The third-order valence-electron chi connectivity index (χ3n) is 16.0. The van der Waals surface area contributed by atoms with E-state index in [1.807, 2.05) is 0 Å². The van der Waals surface area contributed by atoms with Gasteiger partial charge in [-0.1, -0.05) is 298 Å². The van der Waals surface area contributed by atoms with E-state index >= 15 is 0 Å². The quantitative estimate of drug-likeness (QED) is 0.0222. The Hall–Kier alpha value is -1.94. The Morgan fingerprint density at radius 2 is 0.523 bits per heavy atom. The van der Waals surface area contributed by atoms with Crippen LogP contribution in [0.3, 0.4) is 0 Å². The van der Waals surface area contributed by atoms with E-state index in [9.17, 15) is 43.2 Å². The molecule has 0 aliphatic heterocycles. The minimum atomic E-state index is -4.95. The summed E-state index contributed by atoms with van der Waals surface area (Å²) < 4.78 is 68.1. The highest BCUT2D eigenvalue weighted by atomic mass is 31.2. The van der Waals surface area contributed by atoms with E-state index in [1.54, 1.807) is 0 Å². The fraction of sp³-hybridized carbons (Fsp3) is 0.942. The van der Waals surface area contributed by atoms with Crippen LogP contribution in [0, 0.1) is 11.8 Å². The molecule has 0 spiro atoms. The summed E-state index contributed by atoms with van der Waals surface area (Å²) in [7, 11) is -9.89. The lowest BCUT2D eigenvalue weighted by Crippen LogP contribution is -2.30. The second kappa shape index (κ2) is 61.3. The van der Waals surface area contributed by atoms with Gasteiger partial charge in [0.05, 0.1) is 26.4 Å². The summed E-state index contributed by atoms with van der Waals surface area (Å²) in [5.41, 5.74) is 0. The average molecular weight is 1300 g/mol. The maximum Gasteiger partial charge on any atom is 0.472 e. The molecule has 0 saturated heterocycles. The lowest BCUT2D eigenvalue weighted by atomic mass is 10.0. The lowest BCUT2D eigenvalue weighted by Gasteiger charge is -2.21. The number of hydrogen-bond donors (Lipinski definition) is 3. The van der Waals surface area contributed by atoms with Crippen LogP contribution in [0.2, 0.25) is 0 Å². The summed E-state index contributed by atoms with van der Waals surface area (Å²) >= 11 is 0. The van der Waals surface area contributed by atoms with Gasteiger partial charge >= 0.3 is 39.5 Å². The molecule has 0 rings (SSSR count). The standard InChI is InChI=1S/C69H134O17P2/c1-7-9-11-13-15-16-17-18-19-20-21-22-23-24-25-30-34-41-47-53-68(73)85-64(58-80-67(72)52-46-40-33-29-27-26-28-32-37-43-49-61(3)4)59-83-87(75,76)81-55-63(70)56-82-88(77,78)84-60-65(57-79-66(71)51-45-39-31-14-12-10-8-2)86-69(74)54-48-42-36-35-38-44-50-62(5)6/h61-65,70H,7-60H2,1-6H3,(H,75,76)(H,77,78)/t63-,64-,65-/m1/s1. The van der Waals surface area contributed by atoms with Crippen LogP contribution in [0.15, 0.2) is 0 Å². The molecule has 0 heterocycles. The predicted octanol–water partition coefficient (Wildman–Crippen LogP) is 19.6. The SMILES string of the molecule is CCCCCCCCCCCCCCCCCCCCCC(=O)O[C@H](COC(=O)CCCCCCCCCCCCC(C)C)COP(=O)(O)OC[C@@H](O)COP(=O)(O)OC[C@@H](COC(=O)CCCCCCCCC)OC(=O)CCCCCCCCC(C)C. The van der Waals surface area contributed by atoms with Gasteiger partial charge in [0, 0.05) is 25.7 Å². The van der Waals surface area contributed by atoms with Crippen LogP contribution in [0.25, 0.3) is 0 Å². The third-order valence-corrected chi connectivity index (χ3v) is 17.9. The number of aliphatic hydroxyl groups excluding tert-OH is 1. The highest BCUT2D eigenvalue weighted by Crippen LogP contribution is 2.45. The van der Waals surface area contributed by atoms with E-state index in [0.717, 1.165) is 109 Å². The summed E-state index contributed by atoms with van der Waals surface area (Å²) in [5.74, 6) is -0.707. The number of carbonyl (C=O) groups is 4. The zero-order chi connectivity index (χ0) is 65.0. The normalized spacial score (nSPS) is 14.2. The maximum atomic E-state index is 13.0. The highest BCUT2D eigenvalue weighted by Gasteiger charge is 2.30. The van der Waals surface area contributed by atoms with Crippen LogP contribution in [0.4, 0.5) is 0 Å². The van der Waals surface area contributed by atoms with Crippen molar-refractivity contribution in [3.8, 4) is 0 Å². The van der Waals surface area contributed by atoms with Crippen molar-refractivity contribution in [2.75, 3.05) is 39.6 Å². The van der Waals surface area contributed by atoms with Crippen molar-refractivity contribution in [1.82, 2.24) is 0 Å². The number of esters is 4. The van der Waals surface area contributed by atoms with E-state index < -0.39 is 97.5 Å². The van der Waals surface area contributed by atoms with Gasteiger partial charge < -0.3 is 33.8 Å². The van der Waals surface area contributed by atoms with Gasteiger partial charge in [0.25, 0.3) is 0 Å². The van der Waals surface area contributed by atoms with Gasteiger partial charge in [0.2, 0.25) is 0 Å². The molecule has 0 radical (unpaired) electrons. The van der Waals surface area contributed by atoms with Crippen LogP contribution in [-0.2, 0) is 65.4 Å². The molecule has 0 saturated carbocycles. The molecule has 5 atom stereocenters. The molecular formula is C69H134O17P2. The number of hydrogen-bond acceptors (Lipinski definition) is 15. The van der Waals surface area contributed by atoms with Crippen molar-refractivity contribution < 1.29 is 80.2 Å². The molecule has 0 amide bonds. The van der Waals surface area contributed by atoms with Crippen LogP contribution in [0.1, 0.15) is 350 Å². The Morgan fingerprint density at radius 3 is 0.773 bits per heavy atom. The molecule has 0 bridgehead atoms. The molecule has 0 aromatic rings. The number of carbonyl (C=O) groups excluding carboxylic acids is 4. The first-order chi connectivity index (χ1) is 42.4. The zero-order valence-corrected chi connectivity index (χ0v) is 58.8. The minimum Gasteiger partial charge on any atom is -0.462 e. The van der Waals surface area contributed by atoms with Crippen LogP contribution in [0.5, 0.6) is 0 Å². The van der Waals surface area contributed by atoms with Gasteiger partial charge in [-0.2, -0.15) is 0 Å². The van der Waals surface area contributed by atoms with Crippen molar-refractivity contribution in [3.63, 3.8) is 0 Å². The predicted molar refractivity (Wildman–Crippen MR) is 354 cm³/mol. The number of phosphoric ester groups is 2. The first-order valence-electron chi connectivity index (χ1n) is 36.0. The summed E-state index contributed by atoms with van der Waals surface area (Å²) in [6.07, 6.45) is 46.2. The van der Waals surface area contributed by atoms with E-state index in [1.165, 1.54) is 154 Å². The van der Waals surface area contributed by atoms with Crippen molar-refractivity contribution in [1.29, 1.82) is 0 Å². The average Bonchev–Trinajstić information content (AvgIpc) is 3.51. The molecule has 3 N–H and O–H groups in total. The smallest absolute Gasteiger partial charge is 0.462 e. The van der Waals surface area contributed by atoms with Gasteiger partial charge in [0.15, 0.2) is 12.2 Å². The highest BCUT2D eigenvalue weighted by molar-refractivity contribution is 7.47. The third kappa shape index (κ3) is 62.8. The number of aliphatic hydroxyl groups is 1. The van der Waals surface area contributed by atoms with Crippen molar-refractivity contribution in [2.24, 2.45) is 11.8 Å². The Balaban J connectivity index is 5.17. The van der Waals surface area contributed by atoms with E-state index in [4.69, 9.17) is 37.0 Å². The topological polar surface area (TPSA) is 237 Å². The Bertz CT molecular complexity index is 1720. The molecule has 19 heteroatoms. The molecule has 0 aliphatic rings. The number of rotatable bonds is 68. The van der Waals surface area contributed by atoms with Gasteiger partial charge in [-0.3, -0.25) is 37.3 Å². The van der Waals surface area contributed by atoms with Gasteiger partial charge in [0.1, 0.15) is 19.3 Å². The first-order valence-corrected chi connectivity index (χ1v) is 39.0. The van der Waals surface area contributed by atoms with Crippen molar-refractivity contribution in [3.05, 3.63) is 0 Å². The number of unbranched alkanes of at least 4 members (excludes halogenated alkanes) is 38. The van der Waals surface area contributed by atoms with Crippen LogP contribution >= 0.6 is 15.6 Å². The van der Waals surface area contributed by atoms with Gasteiger partial charge in [-0.25, -0.2) is 9.13 Å². The largest absolute Gasteiger partial charge is 0.472 e. The zero-order valence-electron chi connectivity index (χ0n) is 57.0. The molecule has 0 aliphatic carbocycles. The molecule has 0 aromatic carbocycles.